The molecule has 1 N–H and O–H groups in total. The van der Waals surface area contributed by atoms with Crippen molar-refractivity contribution >= 4 is 23.4 Å². The van der Waals surface area contributed by atoms with Gasteiger partial charge < -0.3 is 15.1 Å². The van der Waals surface area contributed by atoms with Gasteiger partial charge >= 0.3 is 6.03 Å². The van der Waals surface area contributed by atoms with Crippen molar-refractivity contribution in [2.24, 2.45) is 0 Å². The summed E-state index contributed by atoms with van der Waals surface area (Å²) in [6.45, 7) is 3.07. The molecular weight excluding hydrogens is 362 g/mol. The molecule has 0 bridgehead atoms. The Bertz CT molecular complexity index is 902. The molecule has 2 fully saturated rings. The van der Waals surface area contributed by atoms with E-state index in [1.165, 1.54) is 24.1 Å². The first-order chi connectivity index (χ1) is 13.2. The maximum atomic E-state index is 11.9. The van der Waals surface area contributed by atoms with E-state index in [1.54, 1.807) is 0 Å². The number of carbonyl (C=O) groups excluding carboxylic acids is 1. The van der Waals surface area contributed by atoms with E-state index in [-0.39, 0.29) is 12.1 Å². The van der Waals surface area contributed by atoms with E-state index < -0.39 is 0 Å². The highest BCUT2D eigenvalue weighted by Crippen LogP contribution is 2.32. The third-order valence-corrected chi connectivity index (χ3v) is 6.01. The number of carbonyl (C=O) groups is 1. The van der Waals surface area contributed by atoms with Gasteiger partial charge in [0.05, 0.1) is 6.04 Å². The fraction of sp³-hybridized carbons (Fsp3) is 0.450. The molecule has 2 saturated heterocycles. The van der Waals surface area contributed by atoms with Crippen molar-refractivity contribution in [3.63, 3.8) is 0 Å². The van der Waals surface area contributed by atoms with Crippen LogP contribution in [0.25, 0.3) is 11.4 Å². The number of halogens is 1. The zero-order chi connectivity index (χ0) is 18.4. The number of hydrogen-bond acceptors (Lipinski definition) is 4. The molecular formula is C20H22ClN5O. The first kappa shape index (κ1) is 16.8. The van der Waals surface area contributed by atoms with E-state index >= 15 is 0 Å². The zero-order valence-corrected chi connectivity index (χ0v) is 15.9. The summed E-state index contributed by atoms with van der Waals surface area (Å²) in [7, 11) is 0. The first-order valence-corrected chi connectivity index (χ1v) is 10.0. The number of rotatable bonds is 2. The third kappa shape index (κ3) is 3.02. The molecule has 140 valence electrons. The summed E-state index contributed by atoms with van der Waals surface area (Å²) in [5.41, 5.74) is 3.41. The molecule has 2 amide bonds. The number of hydrogen-bond donors (Lipinski definition) is 1. The van der Waals surface area contributed by atoms with Crippen LogP contribution in [0.15, 0.2) is 24.3 Å². The Kier molecular flexibility index (Phi) is 4.16. The van der Waals surface area contributed by atoms with Crippen LogP contribution in [0.5, 0.6) is 0 Å². The lowest BCUT2D eigenvalue weighted by atomic mass is 9.95. The summed E-state index contributed by atoms with van der Waals surface area (Å²) in [4.78, 5) is 26.1. The van der Waals surface area contributed by atoms with Crippen molar-refractivity contribution in [1.29, 1.82) is 0 Å². The minimum absolute atomic E-state index is 0.0592. The molecule has 0 spiro atoms. The Morgan fingerprint density at radius 2 is 2.04 bits per heavy atom. The summed E-state index contributed by atoms with van der Waals surface area (Å²) in [5.74, 6) is 1.80. The van der Waals surface area contributed by atoms with E-state index in [1.807, 2.05) is 29.2 Å². The van der Waals surface area contributed by atoms with Gasteiger partial charge in [0, 0.05) is 48.0 Å². The topological polar surface area (TPSA) is 61.4 Å². The van der Waals surface area contributed by atoms with Gasteiger partial charge in [0.2, 0.25) is 0 Å². The lowest BCUT2D eigenvalue weighted by Crippen LogP contribution is -2.52. The average Bonchev–Trinajstić information content (AvgIpc) is 3.07. The lowest BCUT2D eigenvalue weighted by molar-refractivity contribution is 0.197. The normalized spacial score (nSPS) is 21.7. The molecule has 0 saturated carbocycles. The quantitative estimate of drug-likeness (QED) is 0.866. The second kappa shape index (κ2) is 6.68. The van der Waals surface area contributed by atoms with Gasteiger partial charge in [0.15, 0.2) is 5.82 Å². The standard InChI is InChI=1S/C20H22ClN5O/c21-14-5-3-4-13(10-14)18-23-17-7-2-1-6-16(17)19(24-18)25-8-9-26-15(12-25)11-22-20(26)27/h3-5,10,15H,1-2,6-9,11-12H2,(H,22,27). The van der Waals surface area contributed by atoms with Gasteiger partial charge in [-0.3, -0.25) is 0 Å². The van der Waals surface area contributed by atoms with Crippen LogP contribution in [0.1, 0.15) is 24.1 Å². The van der Waals surface area contributed by atoms with Crippen molar-refractivity contribution in [3.8, 4) is 11.4 Å². The van der Waals surface area contributed by atoms with Crippen molar-refractivity contribution in [2.45, 2.75) is 31.7 Å². The molecule has 7 heteroatoms. The monoisotopic (exact) mass is 383 g/mol. The number of nitrogens with zero attached hydrogens (tertiary/aromatic N) is 4. The smallest absolute Gasteiger partial charge is 0.317 e. The Morgan fingerprint density at radius 3 is 2.93 bits per heavy atom. The molecule has 3 aliphatic rings. The summed E-state index contributed by atoms with van der Waals surface area (Å²) in [6.07, 6.45) is 4.39. The highest BCUT2D eigenvalue weighted by atomic mass is 35.5. The number of piperazine rings is 1. The van der Waals surface area contributed by atoms with E-state index in [0.717, 1.165) is 49.7 Å². The second-order valence-corrected chi connectivity index (χ2v) is 7.93. The largest absolute Gasteiger partial charge is 0.352 e. The van der Waals surface area contributed by atoms with Gasteiger partial charge in [0.25, 0.3) is 0 Å². The lowest BCUT2D eigenvalue weighted by Gasteiger charge is -2.38. The van der Waals surface area contributed by atoms with E-state index in [4.69, 9.17) is 21.6 Å². The number of fused-ring (bicyclic) bond motifs is 2. The first-order valence-electron chi connectivity index (χ1n) is 9.64. The Hall–Kier alpha value is -2.34. The molecule has 5 rings (SSSR count). The van der Waals surface area contributed by atoms with Crippen molar-refractivity contribution in [1.82, 2.24) is 20.2 Å². The van der Waals surface area contributed by atoms with Crippen LogP contribution in [0.3, 0.4) is 0 Å². The molecule has 1 aromatic heterocycles. The molecule has 27 heavy (non-hydrogen) atoms. The number of nitrogens with one attached hydrogen (secondary N) is 1. The SMILES string of the molecule is O=C1NCC2CN(c3nc(-c4cccc(Cl)c4)nc4c3CCCC4)CCN12. The van der Waals surface area contributed by atoms with Gasteiger partial charge in [-0.1, -0.05) is 23.7 Å². The minimum Gasteiger partial charge on any atom is -0.352 e. The molecule has 2 aliphatic heterocycles. The third-order valence-electron chi connectivity index (χ3n) is 5.78. The van der Waals surface area contributed by atoms with Crippen LogP contribution in [-0.2, 0) is 12.8 Å². The van der Waals surface area contributed by atoms with Crippen molar-refractivity contribution in [3.05, 3.63) is 40.5 Å². The summed E-state index contributed by atoms with van der Waals surface area (Å²) >= 11 is 6.19. The number of benzene rings is 1. The van der Waals surface area contributed by atoms with Gasteiger partial charge in [-0.05, 0) is 37.8 Å². The number of urea groups is 1. The van der Waals surface area contributed by atoms with Gasteiger partial charge in [-0.15, -0.1) is 0 Å². The molecule has 1 aliphatic carbocycles. The second-order valence-electron chi connectivity index (χ2n) is 7.49. The fourth-order valence-electron chi connectivity index (χ4n) is 4.39. The number of amides is 2. The average molecular weight is 384 g/mol. The number of aromatic nitrogens is 2. The summed E-state index contributed by atoms with van der Waals surface area (Å²) in [6, 6.07) is 8.02. The highest BCUT2D eigenvalue weighted by molar-refractivity contribution is 6.30. The maximum absolute atomic E-state index is 11.9. The highest BCUT2D eigenvalue weighted by Gasteiger charge is 2.37. The molecule has 2 aromatic rings. The summed E-state index contributed by atoms with van der Waals surface area (Å²) < 4.78 is 0. The predicted molar refractivity (Wildman–Crippen MR) is 105 cm³/mol. The van der Waals surface area contributed by atoms with Crippen LogP contribution < -0.4 is 10.2 Å². The number of anilines is 1. The molecule has 1 atom stereocenters. The van der Waals surface area contributed by atoms with Crippen molar-refractivity contribution in [2.75, 3.05) is 31.1 Å². The van der Waals surface area contributed by atoms with E-state index in [0.29, 0.717) is 11.6 Å². The molecule has 1 unspecified atom stereocenters. The van der Waals surface area contributed by atoms with E-state index in [9.17, 15) is 4.79 Å². The van der Waals surface area contributed by atoms with Crippen LogP contribution in [0.4, 0.5) is 10.6 Å². The number of aryl methyl sites for hydroxylation is 1. The molecule has 6 nitrogen and oxygen atoms in total. The van der Waals surface area contributed by atoms with Gasteiger partial charge in [-0.25, -0.2) is 14.8 Å². The van der Waals surface area contributed by atoms with Gasteiger partial charge in [-0.2, -0.15) is 0 Å². The predicted octanol–water partition coefficient (Wildman–Crippen LogP) is 2.89. The van der Waals surface area contributed by atoms with Crippen LogP contribution >= 0.6 is 11.6 Å². The Labute approximate surface area is 163 Å². The molecule has 3 heterocycles. The molecule has 0 radical (unpaired) electrons. The van der Waals surface area contributed by atoms with Crippen molar-refractivity contribution < 1.29 is 4.79 Å². The van der Waals surface area contributed by atoms with E-state index in [2.05, 4.69) is 10.2 Å². The fourth-order valence-corrected chi connectivity index (χ4v) is 4.58. The zero-order valence-electron chi connectivity index (χ0n) is 15.1. The Morgan fingerprint density at radius 1 is 1.15 bits per heavy atom. The van der Waals surface area contributed by atoms with Crippen LogP contribution in [0, 0.1) is 0 Å². The van der Waals surface area contributed by atoms with Gasteiger partial charge in [0.1, 0.15) is 5.82 Å². The minimum atomic E-state index is 0.0592. The Balaban J connectivity index is 1.55. The van der Waals surface area contributed by atoms with Crippen LogP contribution in [-0.4, -0.2) is 53.1 Å². The maximum Gasteiger partial charge on any atom is 0.317 e. The van der Waals surface area contributed by atoms with Crippen LogP contribution in [0.2, 0.25) is 5.02 Å². The molecule has 1 aromatic carbocycles. The summed E-state index contributed by atoms with van der Waals surface area (Å²) in [5, 5.41) is 3.65.